The van der Waals surface area contributed by atoms with Crippen LogP contribution in [0.25, 0.3) is 0 Å². The Balaban J connectivity index is -0.0000000267. The molecule has 0 rings (SSSR count). The molecule has 0 radical (unpaired) electrons. The maximum atomic E-state index is 8.66. The molecule has 0 atom stereocenters. The Hall–Kier alpha value is 2.17. The van der Waals surface area contributed by atoms with E-state index in [1.165, 1.54) is 0 Å². The summed E-state index contributed by atoms with van der Waals surface area (Å²) in [5, 5.41) is 0. The fraction of sp³-hybridized carbons (Fsp3) is 0. The first kappa shape index (κ1) is 22.5. The van der Waals surface area contributed by atoms with Gasteiger partial charge in [-0.15, -0.1) is 0 Å². The van der Waals surface area contributed by atoms with Crippen molar-refractivity contribution in [2.75, 3.05) is 0 Å². The summed E-state index contributed by atoms with van der Waals surface area (Å²) < 4.78 is 8.66. The van der Waals surface area contributed by atoms with Crippen molar-refractivity contribution in [3.63, 3.8) is 0 Å². The molecule has 0 spiro atoms. The van der Waals surface area contributed by atoms with Crippen LogP contribution in [-0.4, -0.2) is 27.9 Å². The summed E-state index contributed by atoms with van der Waals surface area (Å²) in [5.74, 6) is 0. The first-order chi connectivity index (χ1) is 2.00. The van der Waals surface area contributed by atoms with Crippen molar-refractivity contribution in [1.29, 1.82) is 0 Å². The van der Waals surface area contributed by atoms with Crippen LogP contribution in [0.4, 0.5) is 0 Å². The van der Waals surface area contributed by atoms with Crippen molar-refractivity contribution >= 4 is 30.9 Å². The molecule has 0 aromatic rings. The second-order valence-corrected chi connectivity index (χ2v) is 1.41. The van der Waals surface area contributed by atoms with Crippen LogP contribution in [0.1, 0.15) is 0 Å². The molecule has 0 aliphatic rings. The third-order valence-electron chi connectivity index (χ3n) is 0. The molecule has 0 aliphatic carbocycles. The van der Waals surface area contributed by atoms with E-state index in [0.717, 1.165) is 0 Å². The average molecular weight is 179 g/mol. The second kappa shape index (κ2) is 9.17. The molecule has 0 saturated heterocycles. The molecule has 0 saturated carbocycles. The molecule has 0 aromatic carbocycles. The molecule has 8 heavy (non-hydrogen) atoms. The predicted octanol–water partition coefficient (Wildman–Crippen LogP) is -8.57. The van der Waals surface area contributed by atoms with E-state index >= 15 is 0 Å². The van der Waals surface area contributed by atoms with Crippen molar-refractivity contribution < 1.29 is 61.2 Å². The number of hydrogen-bond acceptors (Lipinski definition) is 3. The minimum atomic E-state index is -5.14. The summed E-state index contributed by atoms with van der Waals surface area (Å²) in [6.45, 7) is 0. The number of rotatable bonds is 0. The second-order valence-electron chi connectivity index (χ2n) is 0.469. The molecule has 0 fully saturated rings. The maximum Gasteiger partial charge on any atom is 2.00 e. The minimum absolute atomic E-state index is 0. The smallest absolute Gasteiger partial charge is 1.00 e. The van der Waals surface area contributed by atoms with Crippen LogP contribution in [0.2, 0.25) is 0 Å². The third kappa shape index (κ3) is 89.4. The average Bonchev–Trinajstić information content (AvgIpc) is 0.722. The Morgan fingerprint density at radius 1 is 1.38 bits per heavy atom. The van der Waals surface area contributed by atoms with Crippen LogP contribution in [0.5, 0.6) is 0 Å². The zero-order valence-electron chi connectivity index (χ0n) is 4.20. The van der Waals surface area contributed by atoms with E-state index in [-0.39, 0.29) is 65.0 Å². The van der Waals surface area contributed by atoms with Gasteiger partial charge in [0, 0.05) is 0 Å². The van der Waals surface area contributed by atoms with Gasteiger partial charge in [0.15, 0.2) is 0 Å². The van der Waals surface area contributed by atoms with Gasteiger partial charge >= 0.3 is 52.6 Å². The zero-order chi connectivity index (χ0) is 4.50. The molecule has 1 N–H and O–H groups in total. The zero-order valence-corrected chi connectivity index (χ0v) is 9.27. The van der Waals surface area contributed by atoms with Crippen molar-refractivity contribution in [2.45, 2.75) is 0 Å². The van der Waals surface area contributed by atoms with E-state index in [1.54, 1.807) is 0 Å². The number of halogens is 1. The first-order valence-electron chi connectivity index (χ1n) is 0.748. The van der Waals surface area contributed by atoms with E-state index in [1.807, 2.05) is 0 Å². The summed E-state index contributed by atoms with van der Waals surface area (Å²) in [6.07, 6.45) is 0. The van der Waals surface area contributed by atoms with Crippen molar-refractivity contribution in [1.82, 2.24) is 0 Å². The number of phosphoric acid groups is 1. The largest absolute Gasteiger partial charge is 2.00 e. The molecule has 4 nitrogen and oxygen atoms in total. The molecular formula is HClMgNaO4P. The summed E-state index contributed by atoms with van der Waals surface area (Å²) in [4.78, 5) is 24.3. The van der Waals surface area contributed by atoms with E-state index < -0.39 is 7.82 Å². The van der Waals surface area contributed by atoms with Gasteiger partial charge in [0.2, 0.25) is 0 Å². The maximum absolute atomic E-state index is 8.66. The minimum Gasteiger partial charge on any atom is -1.00 e. The molecule has 0 heterocycles. The van der Waals surface area contributed by atoms with Gasteiger partial charge in [0.1, 0.15) is 0 Å². The SMILES string of the molecule is O=P([O-])([O-])O.[Cl-].[Mg+2].[Na+]. The van der Waals surface area contributed by atoms with E-state index in [2.05, 4.69) is 0 Å². The summed E-state index contributed by atoms with van der Waals surface area (Å²) in [7, 11) is -5.14. The van der Waals surface area contributed by atoms with Crippen molar-refractivity contribution in [3.05, 3.63) is 0 Å². The predicted molar refractivity (Wildman–Crippen MR) is 15.6 cm³/mol. The van der Waals surface area contributed by atoms with Crippen LogP contribution in [0.3, 0.4) is 0 Å². The Bertz CT molecular complexity index is 62.2. The van der Waals surface area contributed by atoms with Gasteiger partial charge in [0.25, 0.3) is 0 Å². The molecular weight excluding hydrogens is 178 g/mol. The third-order valence-corrected chi connectivity index (χ3v) is 0. The van der Waals surface area contributed by atoms with E-state index in [0.29, 0.717) is 0 Å². The molecule has 0 bridgehead atoms. The van der Waals surface area contributed by atoms with Crippen molar-refractivity contribution in [3.8, 4) is 0 Å². The molecule has 0 amide bonds. The van der Waals surface area contributed by atoms with Crippen LogP contribution in [-0.2, 0) is 4.57 Å². The molecule has 0 unspecified atom stereocenters. The van der Waals surface area contributed by atoms with Crippen molar-refractivity contribution in [2.24, 2.45) is 0 Å². The fourth-order valence-electron chi connectivity index (χ4n) is 0. The fourth-order valence-corrected chi connectivity index (χ4v) is 0. The Morgan fingerprint density at radius 2 is 1.38 bits per heavy atom. The standard InChI is InChI=1S/ClH.Mg.Na.H3O4P/c;;;1-5(2,3)4/h1H;;;(H3,1,2,3,4)/q;+2;+1;/p-3. The van der Waals surface area contributed by atoms with Gasteiger partial charge in [-0.1, -0.05) is 0 Å². The topological polar surface area (TPSA) is 83.4 Å². The molecule has 8 heteroatoms. The quantitative estimate of drug-likeness (QED) is 0.295. The van der Waals surface area contributed by atoms with Gasteiger partial charge in [-0.2, -0.15) is 0 Å². The van der Waals surface area contributed by atoms with Crippen LogP contribution >= 0.6 is 7.82 Å². The Kier molecular flexibility index (Phi) is 25.7. The summed E-state index contributed by atoms with van der Waals surface area (Å²) >= 11 is 0. The van der Waals surface area contributed by atoms with E-state index in [9.17, 15) is 0 Å². The van der Waals surface area contributed by atoms with Crippen LogP contribution in [0, 0.1) is 0 Å². The van der Waals surface area contributed by atoms with Gasteiger partial charge in [-0.3, -0.25) is 0 Å². The van der Waals surface area contributed by atoms with E-state index in [4.69, 9.17) is 19.2 Å². The molecule has 40 valence electrons. The van der Waals surface area contributed by atoms with Crippen LogP contribution < -0.4 is 51.8 Å². The van der Waals surface area contributed by atoms with Crippen LogP contribution in [0.15, 0.2) is 0 Å². The number of hydrogen-bond donors (Lipinski definition) is 1. The first-order valence-corrected chi connectivity index (χ1v) is 2.24. The summed E-state index contributed by atoms with van der Waals surface area (Å²) in [5.41, 5.74) is 0. The monoisotopic (exact) mass is 178 g/mol. The molecule has 0 aromatic heterocycles. The Morgan fingerprint density at radius 3 is 1.38 bits per heavy atom. The van der Waals surface area contributed by atoms with Gasteiger partial charge in [-0.25, -0.2) is 0 Å². The van der Waals surface area contributed by atoms with Gasteiger partial charge in [-0.05, 0) is 0 Å². The van der Waals surface area contributed by atoms with Gasteiger partial charge < -0.3 is 31.7 Å². The molecule has 0 aliphatic heterocycles. The Labute approximate surface area is 91.1 Å². The van der Waals surface area contributed by atoms with Gasteiger partial charge in [0.05, 0.1) is 7.82 Å². The normalized spacial score (nSPS) is 7.38. The summed E-state index contributed by atoms with van der Waals surface area (Å²) in [6, 6.07) is 0.